The molecular formula is C15H23N3O3S. The molecule has 2 aliphatic heterocycles. The Morgan fingerprint density at radius 2 is 2.23 bits per heavy atom. The number of aryl methyl sites for hydroxylation is 1. The Morgan fingerprint density at radius 3 is 2.91 bits per heavy atom. The number of β-amino-alcohol motifs (C(OH)–C–C–N with tert-alkyl or cyclic N) is 1. The first-order valence-corrected chi connectivity index (χ1v) is 8.63. The van der Waals surface area contributed by atoms with Crippen LogP contribution >= 0.6 is 11.3 Å². The number of carbonyl (C=O) groups is 1. The molecule has 6 nitrogen and oxygen atoms in total. The van der Waals surface area contributed by atoms with E-state index < -0.39 is 5.60 Å². The Morgan fingerprint density at radius 1 is 1.45 bits per heavy atom. The Balaban J connectivity index is 1.53. The van der Waals surface area contributed by atoms with Crippen LogP contribution in [-0.2, 0) is 16.0 Å². The molecule has 0 aliphatic carbocycles. The fourth-order valence-electron chi connectivity index (χ4n) is 3.13. The second kappa shape index (κ2) is 6.62. The molecule has 0 aromatic carbocycles. The number of carbonyl (C=O) groups excluding carboxylic acids is 1. The second-order valence-electron chi connectivity index (χ2n) is 6.21. The molecule has 0 bridgehead atoms. The molecule has 3 heterocycles. The summed E-state index contributed by atoms with van der Waals surface area (Å²) in [5.74, 6) is 0.0585. The van der Waals surface area contributed by atoms with Crippen molar-refractivity contribution in [2.24, 2.45) is 0 Å². The van der Waals surface area contributed by atoms with Gasteiger partial charge in [0.15, 0.2) is 0 Å². The maximum Gasteiger partial charge on any atom is 0.228 e. The molecule has 3 rings (SSSR count). The number of rotatable bonds is 4. The second-order valence-corrected chi connectivity index (χ2v) is 7.28. The van der Waals surface area contributed by atoms with Crippen molar-refractivity contribution in [3.63, 3.8) is 0 Å². The summed E-state index contributed by atoms with van der Waals surface area (Å²) < 4.78 is 5.33. The van der Waals surface area contributed by atoms with Gasteiger partial charge in [0.05, 0.1) is 42.5 Å². The highest BCUT2D eigenvalue weighted by Crippen LogP contribution is 2.24. The standard InChI is InChI=1S/C15H23N3O3S/c1-12-16-13(9-22-12)8-14(19)18-3-2-15(20,11-18)10-17-4-6-21-7-5-17/h9,20H,2-8,10-11H2,1H3. The summed E-state index contributed by atoms with van der Waals surface area (Å²) in [6, 6.07) is 0. The summed E-state index contributed by atoms with van der Waals surface area (Å²) >= 11 is 1.56. The maximum absolute atomic E-state index is 12.3. The number of aromatic nitrogens is 1. The molecule has 2 fully saturated rings. The quantitative estimate of drug-likeness (QED) is 0.862. The van der Waals surface area contributed by atoms with E-state index in [0.717, 1.165) is 37.0 Å². The molecule has 1 aromatic rings. The number of thiazole rings is 1. The largest absolute Gasteiger partial charge is 0.387 e. The Bertz CT molecular complexity index is 530. The van der Waals surface area contributed by atoms with E-state index in [1.54, 1.807) is 16.2 Å². The lowest BCUT2D eigenvalue weighted by atomic mass is 10.0. The predicted octanol–water partition coefficient (Wildman–Crippen LogP) is 0.290. The number of amides is 1. The fraction of sp³-hybridized carbons (Fsp3) is 0.733. The van der Waals surface area contributed by atoms with Crippen molar-refractivity contribution in [3.8, 4) is 0 Å². The van der Waals surface area contributed by atoms with Crippen molar-refractivity contribution >= 4 is 17.2 Å². The Labute approximate surface area is 134 Å². The van der Waals surface area contributed by atoms with Crippen LogP contribution < -0.4 is 0 Å². The average molecular weight is 325 g/mol. The molecule has 1 amide bonds. The molecule has 7 heteroatoms. The molecule has 2 saturated heterocycles. The van der Waals surface area contributed by atoms with Crippen LogP contribution in [0.15, 0.2) is 5.38 Å². The predicted molar refractivity (Wildman–Crippen MR) is 84.0 cm³/mol. The van der Waals surface area contributed by atoms with E-state index in [2.05, 4.69) is 9.88 Å². The third kappa shape index (κ3) is 3.84. The Hall–Kier alpha value is -1.02. The first-order valence-electron chi connectivity index (χ1n) is 7.75. The first-order chi connectivity index (χ1) is 10.5. The van der Waals surface area contributed by atoms with E-state index in [1.807, 2.05) is 12.3 Å². The molecule has 0 spiro atoms. The van der Waals surface area contributed by atoms with E-state index in [4.69, 9.17) is 4.74 Å². The number of likely N-dealkylation sites (tertiary alicyclic amines) is 1. The minimum atomic E-state index is -0.787. The lowest BCUT2D eigenvalue weighted by Gasteiger charge is -2.33. The molecule has 22 heavy (non-hydrogen) atoms. The topological polar surface area (TPSA) is 65.9 Å². The molecule has 1 atom stereocenters. The highest BCUT2D eigenvalue weighted by molar-refractivity contribution is 7.09. The van der Waals surface area contributed by atoms with E-state index in [1.165, 1.54) is 0 Å². The average Bonchev–Trinajstić information content (AvgIpc) is 3.06. The van der Waals surface area contributed by atoms with Crippen molar-refractivity contribution in [2.75, 3.05) is 45.9 Å². The van der Waals surface area contributed by atoms with Crippen LogP contribution in [0.25, 0.3) is 0 Å². The highest BCUT2D eigenvalue weighted by Gasteiger charge is 2.39. The summed E-state index contributed by atoms with van der Waals surface area (Å²) in [4.78, 5) is 20.7. The molecule has 2 aliphatic rings. The third-order valence-corrected chi connectivity index (χ3v) is 5.13. The molecule has 1 aromatic heterocycles. The van der Waals surface area contributed by atoms with Gasteiger partial charge in [-0.1, -0.05) is 0 Å². The van der Waals surface area contributed by atoms with Crippen molar-refractivity contribution in [2.45, 2.75) is 25.4 Å². The zero-order valence-corrected chi connectivity index (χ0v) is 13.8. The van der Waals surface area contributed by atoms with Crippen LogP contribution in [0.1, 0.15) is 17.1 Å². The van der Waals surface area contributed by atoms with Gasteiger partial charge in [0.2, 0.25) is 5.91 Å². The van der Waals surface area contributed by atoms with Crippen molar-refractivity contribution in [1.82, 2.24) is 14.8 Å². The number of hydrogen-bond donors (Lipinski definition) is 1. The van der Waals surface area contributed by atoms with Gasteiger partial charge in [-0.25, -0.2) is 4.98 Å². The molecule has 1 unspecified atom stereocenters. The third-order valence-electron chi connectivity index (χ3n) is 4.31. The minimum absolute atomic E-state index is 0.0585. The maximum atomic E-state index is 12.3. The molecule has 1 N–H and O–H groups in total. The van der Waals surface area contributed by atoms with Crippen LogP contribution in [0, 0.1) is 6.92 Å². The summed E-state index contributed by atoms with van der Waals surface area (Å²) in [5, 5.41) is 13.7. The van der Waals surface area contributed by atoms with Gasteiger partial charge in [-0.2, -0.15) is 0 Å². The fourth-order valence-corrected chi connectivity index (χ4v) is 3.74. The zero-order valence-electron chi connectivity index (χ0n) is 13.0. The van der Waals surface area contributed by atoms with Gasteiger partial charge in [-0.15, -0.1) is 11.3 Å². The lowest BCUT2D eigenvalue weighted by molar-refractivity contribution is -0.130. The zero-order chi connectivity index (χ0) is 15.6. The van der Waals surface area contributed by atoms with Gasteiger partial charge < -0.3 is 14.7 Å². The number of morpholine rings is 1. The van der Waals surface area contributed by atoms with Gasteiger partial charge in [0, 0.05) is 31.6 Å². The van der Waals surface area contributed by atoms with Crippen molar-refractivity contribution < 1.29 is 14.6 Å². The number of nitrogens with zero attached hydrogens (tertiary/aromatic N) is 3. The smallest absolute Gasteiger partial charge is 0.228 e. The summed E-state index contributed by atoms with van der Waals surface area (Å²) in [5.41, 5.74) is 0.0430. The monoisotopic (exact) mass is 325 g/mol. The van der Waals surface area contributed by atoms with E-state index in [-0.39, 0.29) is 5.91 Å². The van der Waals surface area contributed by atoms with Gasteiger partial charge >= 0.3 is 0 Å². The molecule has 0 radical (unpaired) electrons. The summed E-state index contributed by atoms with van der Waals surface area (Å²) in [6.45, 7) is 6.77. The van der Waals surface area contributed by atoms with Gasteiger partial charge in [0.25, 0.3) is 0 Å². The van der Waals surface area contributed by atoms with Crippen molar-refractivity contribution in [1.29, 1.82) is 0 Å². The lowest BCUT2D eigenvalue weighted by Crippen LogP contribution is -2.49. The molecular weight excluding hydrogens is 302 g/mol. The number of aliphatic hydroxyl groups is 1. The first kappa shape index (κ1) is 15.9. The van der Waals surface area contributed by atoms with Gasteiger partial charge in [-0.05, 0) is 13.3 Å². The van der Waals surface area contributed by atoms with E-state index in [0.29, 0.717) is 32.5 Å². The van der Waals surface area contributed by atoms with Crippen LogP contribution in [-0.4, -0.2) is 77.3 Å². The summed E-state index contributed by atoms with van der Waals surface area (Å²) in [7, 11) is 0. The Kier molecular flexibility index (Phi) is 4.77. The number of ether oxygens (including phenoxy) is 1. The molecule has 0 saturated carbocycles. The van der Waals surface area contributed by atoms with Crippen LogP contribution in [0.3, 0.4) is 0 Å². The van der Waals surface area contributed by atoms with E-state index in [9.17, 15) is 9.90 Å². The van der Waals surface area contributed by atoms with Crippen LogP contribution in [0.2, 0.25) is 0 Å². The minimum Gasteiger partial charge on any atom is -0.387 e. The SMILES string of the molecule is Cc1nc(CC(=O)N2CCC(O)(CN3CCOCC3)C2)cs1. The molecule has 122 valence electrons. The normalized spacial score (nSPS) is 26.5. The van der Waals surface area contributed by atoms with Crippen LogP contribution in [0.5, 0.6) is 0 Å². The van der Waals surface area contributed by atoms with Crippen molar-refractivity contribution in [3.05, 3.63) is 16.1 Å². The van der Waals surface area contributed by atoms with Gasteiger partial charge in [0.1, 0.15) is 0 Å². The van der Waals surface area contributed by atoms with Gasteiger partial charge in [-0.3, -0.25) is 9.69 Å². The van der Waals surface area contributed by atoms with Crippen LogP contribution in [0.4, 0.5) is 0 Å². The highest BCUT2D eigenvalue weighted by atomic mass is 32.1. The summed E-state index contributed by atoms with van der Waals surface area (Å²) in [6.07, 6.45) is 0.976. The number of hydrogen-bond acceptors (Lipinski definition) is 6. The van der Waals surface area contributed by atoms with E-state index >= 15 is 0 Å².